The topological polar surface area (TPSA) is 98.8 Å². The highest BCUT2D eigenvalue weighted by atomic mass is 19.1. The zero-order valence-corrected chi connectivity index (χ0v) is 15.8. The van der Waals surface area contributed by atoms with Crippen molar-refractivity contribution >= 4 is 35.1 Å². The number of nitrogens with one attached hydrogen (secondary N) is 2. The molecule has 8 nitrogen and oxygen atoms in total. The average Bonchev–Trinajstić information content (AvgIpc) is 2.92. The number of halogens is 1. The summed E-state index contributed by atoms with van der Waals surface area (Å²) in [5, 5.41) is 5.08. The molecule has 0 spiro atoms. The van der Waals surface area contributed by atoms with Crippen LogP contribution in [0.1, 0.15) is 17.3 Å². The molecule has 1 atom stereocenters. The predicted molar refractivity (Wildman–Crippen MR) is 104 cm³/mol. The molecule has 0 radical (unpaired) electrons. The fourth-order valence-corrected chi connectivity index (χ4v) is 3.00. The van der Waals surface area contributed by atoms with Gasteiger partial charge in [-0.3, -0.25) is 24.2 Å². The largest absolute Gasteiger partial charge is 0.355 e. The summed E-state index contributed by atoms with van der Waals surface area (Å²) in [6.45, 7) is 1.08. The summed E-state index contributed by atoms with van der Waals surface area (Å²) in [6, 6.07) is 9.88. The van der Waals surface area contributed by atoms with Gasteiger partial charge in [0.15, 0.2) is 0 Å². The molecule has 0 unspecified atom stereocenters. The molecule has 2 aromatic carbocycles. The van der Waals surface area contributed by atoms with E-state index in [1.807, 2.05) is 0 Å². The van der Waals surface area contributed by atoms with Crippen LogP contribution >= 0.6 is 0 Å². The summed E-state index contributed by atoms with van der Waals surface area (Å²) in [4.78, 5) is 51.1. The quantitative estimate of drug-likeness (QED) is 0.753. The Morgan fingerprint density at radius 2 is 1.66 bits per heavy atom. The van der Waals surface area contributed by atoms with Gasteiger partial charge in [-0.15, -0.1) is 0 Å². The van der Waals surface area contributed by atoms with Crippen LogP contribution in [0.3, 0.4) is 0 Å². The fraction of sp³-hybridized carbons (Fsp3) is 0.200. The van der Waals surface area contributed by atoms with E-state index in [2.05, 4.69) is 10.6 Å². The van der Waals surface area contributed by atoms with E-state index < -0.39 is 36.2 Å². The maximum Gasteiger partial charge on any atom is 0.332 e. The number of anilines is 2. The molecule has 1 fully saturated rings. The second-order valence-electron chi connectivity index (χ2n) is 6.43. The molecular weight excluding hydrogens is 379 g/mol. The SMILES string of the molecule is CNC(=O)c1ccc(NC(=O)CN2C(=O)[C@H](C)N(c3ccc(F)cc3)C2=O)cc1. The van der Waals surface area contributed by atoms with Crippen molar-refractivity contribution in [1.82, 2.24) is 10.2 Å². The smallest absolute Gasteiger partial charge is 0.332 e. The van der Waals surface area contributed by atoms with Crippen LogP contribution in [0, 0.1) is 5.82 Å². The Labute approximate surface area is 166 Å². The number of imide groups is 1. The molecule has 29 heavy (non-hydrogen) atoms. The Morgan fingerprint density at radius 1 is 1.03 bits per heavy atom. The van der Waals surface area contributed by atoms with Gasteiger partial charge in [0, 0.05) is 24.0 Å². The Hall–Kier alpha value is -3.75. The van der Waals surface area contributed by atoms with Gasteiger partial charge >= 0.3 is 6.03 Å². The molecule has 5 amide bonds. The lowest BCUT2D eigenvalue weighted by Gasteiger charge is -2.19. The summed E-state index contributed by atoms with van der Waals surface area (Å²) in [5.41, 5.74) is 1.22. The third-order valence-corrected chi connectivity index (χ3v) is 4.51. The maximum atomic E-state index is 13.1. The van der Waals surface area contributed by atoms with Crippen molar-refractivity contribution in [2.75, 3.05) is 23.8 Å². The van der Waals surface area contributed by atoms with Crippen LogP contribution in [0.25, 0.3) is 0 Å². The lowest BCUT2D eigenvalue weighted by atomic mass is 10.2. The first kappa shape index (κ1) is 20.0. The second-order valence-corrected chi connectivity index (χ2v) is 6.43. The summed E-state index contributed by atoms with van der Waals surface area (Å²) >= 11 is 0. The summed E-state index contributed by atoms with van der Waals surface area (Å²) in [5.74, 6) is -1.80. The van der Waals surface area contributed by atoms with Gasteiger partial charge in [-0.2, -0.15) is 0 Å². The Morgan fingerprint density at radius 3 is 2.24 bits per heavy atom. The molecule has 2 aromatic rings. The monoisotopic (exact) mass is 398 g/mol. The van der Waals surface area contributed by atoms with Crippen LogP contribution < -0.4 is 15.5 Å². The zero-order chi connectivity index (χ0) is 21.1. The van der Waals surface area contributed by atoms with E-state index in [9.17, 15) is 23.6 Å². The molecule has 0 bridgehead atoms. The van der Waals surface area contributed by atoms with Crippen molar-refractivity contribution < 1.29 is 23.6 Å². The Balaban J connectivity index is 1.68. The van der Waals surface area contributed by atoms with Gasteiger partial charge in [-0.05, 0) is 55.5 Å². The number of rotatable bonds is 5. The normalized spacial score (nSPS) is 16.2. The first-order valence-corrected chi connectivity index (χ1v) is 8.84. The first-order chi connectivity index (χ1) is 13.8. The van der Waals surface area contributed by atoms with E-state index in [4.69, 9.17) is 0 Å². The van der Waals surface area contributed by atoms with Crippen LogP contribution in [0.4, 0.5) is 20.6 Å². The minimum absolute atomic E-state index is 0.258. The highest BCUT2D eigenvalue weighted by Gasteiger charge is 2.44. The molecule has 1 heterocycles. The van der Waals surface area contributed by atoms with Gasteiger partial charge in [0.05, 0.1) is 0 Å². The third kappa shape index (κ3) is 4.08. The van der Waals surface area contributed by atoms with Crippen molar-refractivity contribution in [2.24, 2.45) is 0 Å². The Bertz CT molecular complexity index is 959. The molecule has 3 rings (SSSR count). The minimum atomic E-state index is -0.812. The van der Waals surface area contributed by atoms with E-state index in [1.165, 1.54) is 36.2 Å². The highest BCUT2D eigenvalue weighted by molar-refractivity contribution is 6.16. The molecule has 1 aliphatic rings. The molecule has 2 N–H and O–H groups in total. The van der Waals surface area contributed by atoms with Gasteiger partial charge < -0.3 is 10.6 Å². The summed E-state index contributed by atoms with van der Waals surface area (Å²) in [7, 11) is 1.51. The lowest BCUT2D eigenvalue weighted by Crippen LogP contribution is -2.39. The Kier molecular flexibility index (Phi) is 5.58. The number of amides is 5. The van der Waals surface area contributed by atoms with Crippen LogP contribution in [-0.2, 0) is 9.59 Å². The summed E-state index contributed by atoms with van der Waals surface area (Å²) in [6.07, 6.45) is 0. The van der Waals surface area contributed by atoms with Crippen molar-refractivity contribution in [2.45, 2.75) is 13.0 Å². The third-order valence-electron chi connectivity index (χ3n) is 4.51. The molecule has 150 valence electrons. The van der Waals surface area contributed by atoms with E-state index in [-0.39, 0.29) is 5.91 Å². The number of urea groups is 1. The van der Waals surface area contributed by atoms with E-state index >= 15 is 0 Å². The number of hydrogen-bond acceptors (Lipinski definition) is 4. The minimum Gasteiger partial charge on any atom is -0.355 e. The van der Waals surface area contributed by atoms with Crippen molar-refractivity contribution in [3.05, 3.63) is 59.9 Å². The van der Waals surface area contributed by atoms with Crippen molar-refractivity contribution in [1.29, 1.82) is 0 Å². The van der Waals surface area contributed by atoms with Gasteiger partial charge in [0.1, 0.15) is 18.4 Å². The molecule has 1 saturated heterocycles. The molecular formula is C20H19FN4O4. The fourth-order valence-electron chi connectivity index (χ4n) is 3.00. The number of benzene rings is 2. The zero-order valence-electron chi connectivity index (χ0n) is 15.8. The average molecular weight is 398 g/mol. The maximum absolute atomic E-state index is 13.1. The predicted octanol–water partition coefficient (Wildman–Crippen LogP) is 1.98. The van der Waals surface area contributed by atoms with Crippen LogP contribution in [0.2, 0.25) is 0 Å². The molecule has 0 saturated carbocycles. The van der Waals surface area contributed by atoms with Gasteiger partial charge in [-0.1, -0.05) is 0 Å². The standard InChI is InChI=1S/C20H19FN4O4/c1-12-19(28)24(20(29)25(12)16-9-5-14(21)6-10-16)11-17(26)23-15-7-3-13(4-8-15)18(27)22-2/h3-10,12H,11H2,1-2H3,(H,22,27)(H,23,26)/t12-/m0/s1. The van der Waals surface area contributed by atoms with E-state index in [1.54, 1.807) is 31.2 Å². The first-order valence-electron chi connectivity index (χ1n) is 8.84. The van der Waals surface area contributed by atoms with Crippen LogP contribution in [-0.4, -0.2) is 48.3 Å². The van der Waals surface area contributed by atoms with Crippen LogP contribution in [0.5, 0.6) is 0 Å². The van der Waals surface area contributed by atoms with Gasteiger partial charge in [0.2, 0.25) is 5.91 Å². The van der Waals surface area contributed by atoms with E-state index in [0.717, 1.165) is 4.90 Å². The van der Waals surface area contributed by atoms with Crippen molar-refractivity contribution in [3.8, 4) is 0 Å². The van der Waals surface area contributed by atoms with E-state index in [0.29, 0.717) is 16.9 Å². The molecule has 9 heteroatoms. The summed E-state index contributed by atoms with van der Waals surface area (Å²) < 4.78 is 13.1. The van der Waals surface area contributed by atoms with Crippen molar-refractivity contribution in [3.63, 3.8) is 0 Å². The molecule has 1 aliphatic heterocycles. The van der Waals surface area contributed by atoms with Gasteiger partial charge in [0.25, 0.3) is 11.8 Å². The number of carbonyl (C=O) groups excluding carboxylic acids is 4. The molecule has 0 aromatic heterocycles. The van der Waals surface area contributed by atoms with Gasteiger partial charge in [-0.25, -0.2) is 9.18 Å². The lowest BCUT2D eigenvalue weighted by molar-refractivity contribution is -0.130. The molecule has 0 aliphatic carbocycles. The number of carbonyl (C=O) groups is 4. The van der Waals surface area contributed by atoms with Crippen LogP contribution in [0.15, 0.2) is 48.5 Å². The highest BCUT2D eigenvalue weighted by Crippen LogP contribution is 2.26. The number of hydrogen-bond donors (Lipinski definition) is 2. The number of nitrogens with zero attached hydrogens (tertiary/aromatic N) is 2. The second kappa shape index (κ2) is 8.09.